The first kappa shape index (κ1) is 13.8. The molecular weight excluding hydrogens is 220 g/mol. The van der Waals surface area contributed by atoms with E-state index in [-0.39, 0.29) is 5.92 Å². The normalized spacial score (nSPS) is 21.9. The summed E-state index contributed by atoms with van der Waals surface area (Å²) in [6, 6.07) is 0. The number of esters is 1. The Morgan fingerprint density at radius 1 is 1.53 bits per heavy atom. The fourth-order valence-electron chi connectivity index (χ4n) is 1.70. The van der Waals surface area contributed by atoms with Crippen molar-refractivity contribution in [3.8, 4) is 0 Å². The molecule has 96 valence electrons. The Morgan fingerprint density at radius 3 is 2.71 bits per heavy atom. The highest BCUT2D eigenvalue weighted by Gasteiger charge is 2.31. The van der Waals surface area contributed by atoms with Crippen LogP contribution in [0.2, 0.25) is 0 Å². The standard InChI is InChI=1S/C13H20O4/c1-5-6-9(2)11(14)7-10-8-12(15)17-13(3,4)16-10/h5,8-9,11,14H,1,6-7H2,2-4H3/t9-,11+/m0/s1. The van der Waals surface area contributed by atoms with Crippen molar-refractivity contribution in [2.24, 2.45) is 5.92 Å². The van der Waals surface area contributed by atoms with Gasteiger partial charge in [0.2, 0.25) is 5.79 Å². The van der Waals surface area contributed by atoms with Crippen LogP contribution in [0.15, 0.2) is 24.5 Å². The third kappa shape index (κ3) is 4.23. The number of aliphatic hydroxyl groups excluding tert-OH is 1. The van der Waals surface area contributed by atoms with Crippen molar-refractivity contribution < 1.29 is 19.4 Å². The van der Waals surface area contributed by atoms with E-state index in [9.17, 15) is 9.90 Å². The molecule has 2 atom stereocenters. The second-order valence-corrected chi connectivity index (χ2v) is 4.81. The van der Waals surface area contributed by atoms with Gasteiger partial charge in [-0.15, -0.1) is 6.58 Å². The van der Waals surface area contributed by atoms with Gasteiger partial charge in [0.1, 0.15) is 5.76 Å². The minimum atomic E-state index is -0.956. The molecule has 0 aromatic rings. The first-order valence-corrected chi connectivity index (χ1v) is 5.75. The summed E-state index contributed by atoms with van der Waals surface area (Å²) >= 11 is 0. The number of hydrogen-bond donors (Lipinski definition) is 1. The minimum absolute atomic E-state index is 0.0815. The first-order valence-electron chi connectivity index (χ1n) is 5.75. The van der Waals surface area contributed by atoms with Gasteiger partial charge in [-0.2, -0.15) is 0 Å². The van der Waals surface area contributed by atoms with Crippen LogP contribution in [0.5, 0.6) is 0 Å². The summed E-state index contributed by atoms with van der Waals surface area (Å²) < 4.78 is 10.4. The maximum atomic E-state index is 11.3. The summed E-state index contributed by atoms with van der Waals surface area (Å²) in [4.78, 5) is 11.3. The second kappa shape index (κ2) is 5.36. The van der Waals surface area contributed by atoms with Gasteiger partial charge in [-0.3, -0.25) is 0 Å². The van der Waals surface area contributed by atoms with Crippen molar-refractivity contribution in [3.05, 3.63) is 24.5 Å². The highest BCUT2D eigenvalue weighted by atomic mass is 16.7. The molecule has 0 unspecified atom stereocenters. The summed E-state index contributed by atoms with van der Waals surface area (Å²) in [5, 5.41) is 9.94. The summed E-state index contributed by atoms with van der Waals surface area (Å²) in [6.45, 7) is 8.89. The minimum Gasteiger partial charge on any atom is -0.457 e. The third-order valence-corrected chi connectivity index (χ3v) is 2.61. The molecule has 0 fully saturated rings. The fourth-order valence-corrected chi connectivity index (χ4v) is 1.70. The average Bonchev–Trinajstić information content (AvgIpc) is 2.14. The van der Waals surface area contributed by atoms with E-state index >= 15 is 0 Å². The summed E-state index contributed by atoms with van der Waals surface area (Å²) in [6.07, 6.45) is 3.54. The number of rotatable bonds is 5. The Bertz CT molecular complexity index is 330. The molecule has 1 rings (SSSR count). The summed E-state index contributed by atoms with van der Waals surface area (Å²) in [5.74, 6) is -0.838. The van der Waals surface area contributed by atoms with E-state index in [1.807, 2.05) is 6.92 Å². The number of ether oxygens (including phenoxy) is 2. The van der Waals surface area contributed by atoms with E-state index in [0.717, 1.165) is 6.42 Å². The Kier molecular flexibility index (Phi) is 4.34. The van der Waals surface area contributed by atoms with E-state index < -0.39 is 17.9 Å². The number of allylic oxidation sites excluding steroid dienone is 1. The Labute approximate surface area is 102 Å². The zero-order valence-electron chi connectivity index (χ0n) is 10.6. The first-order chi connectivity index (χ1) is 7.84. The van der Waals surface area contributed by atoms with Crippen LogP contribution < -0.4 is 0 Å². The zero-order valence-corrected chi connectivity index (χ0v) is 10.6. The van der Waals surface area contributed by atoms with Crippen molar-refractivity contribution in [1.82, 2.24) is 0 Å². The largest absolute Gasteiger partial charge is 0.457 e. The van der Waals surface area contributed by atoms with E-state index in [2.05, 4.69) is 6.58 Å². The molecule has 0 aromatic carbocycles. The predicted octanol–water partition coefficient (Wildman–Crippen LogP) is 2.14. The third-order valence-electron chi connectivity index (χ3n) is 2.61. The van der Waals surface area contributed by atoms with Crippen LogP contribution in [0.25, 0.3) is 0 Å². The molecular formula is C13H20O4. The SMILES string of the molecule is C=CC[C@H](C)[C@H](O)CC1=CC(=O)OC(C)(C)O1. The molecule has 0 aromatic heterocycles. The van der Waals surface area contributed by atoms with Crippen LogP contribution in [-0.2, 0) is 14.3 Å². The van der Waals surface area contributed by atoms with Gasteiger partial charge in [0.05, 0.1) is 12.2 Å². The maximum absolute atomic E-state index is 11.3. The van der Waals surface area contributed by atoms with Crippen LogP contribution in [0.4, 0.5) is 0 Å². The molecule has 1 N–H and O–H groups in total. The van der Waals surface area contributed by atoms with Crippen LogP contribution in [0.3, 0.4) is 0 Å². The molecule has 1 heterocycles. The van der Waals surface area contributed by atoms with Crippen LogP contribution >= 0.6 is 0 Å². The lowest BCUT2D eigenvalue weighted by Crippen LogP contribution is -2.35. The molecule has 0 aliphatic carbocycles. The van der Waals surface area contributed by atoms with Crippen LogP contribution in [0, 0.1) is 5.92 Å². The van der Waals surface area contributed by atoms with Crippen LogP contribution in [-0.4, -0.2) is 23.0 Å². The quantitative estimate of drug-likeness (QED) is 0.591. The molecule has 4 heteroatoms. The fraction of sp³-hybridized carbons (Fsp3) is 0.615. The summed E-state index contributed by atoms with van der Waals surface area (Å²) in [5.41, 5.74) is 0. The molecule has 17 heavy (non-hydrogen) atoms. The van der Waals surface area contributed by atoms with Gasteiger partial charge in [0.15, 0.2) is 0 Å². The number of aliphatic hydroxyl groups is 1. The van der Waals surface area contributed by atoms with Gasteiger partial charge >= 0.3 is 5.97 Å². The van der Waals surface area contributed by atoms with Crippen molar-refractivity contribution in [1.29, 1.82) is 0 Å². The van der Waals surface area contributed by atoms with Gasteiger partial charge < -0.3 is 14.6 Å². The average molecular weight is 240 g/mol. The zero-order chi connectivity index (χ0) is 13.1. The van der Waals surface area contributed by atoms with Gasteiger partial charge in [-0.1, -0.05) is 13.0 Å². The van der Waals surface area contributed by atoms with Gasteiger partial charge in [0.25, 0.3) is 0 Å². The Hall–Kier alpha value is -1.29. The topological polar surface area (TPSA) is 55.8 Å². The lowest BCUT2D eigenvalue weighted by Gasteiger charge is -2.31. The molecule has 1 aliphatic heterocycles. The monoisotopic (exact) mass is 240 g/mol. The number of cyclic esters (lactones) is 1. The van der Waals surface area contributed by atoms with Gasteiger partial charge in [-0.05, 0) is 12.3 Å². The van der Waals surface area contributed by atoms with E-state index in [0.29, 0.717) is 12.2 Å². The van der Waals surface area contributed by atoms with E-state index in [4.69, 9.17) is 9.47 Å². The molecule has 0 bridgehead atoms. The maximum Gasteiger partial charge on any atom is 0.337 e. The number of carbonyl (C=O) groups excluding carboxylic acids is 1. The molecule has 0 saturated carbocycles. The van der Waals surface area contributed by atoms with E-state index in [1.165, 1.54) is 6.08 Å². The molecule has 1 aliphatic rings. The lowest BCUT2D eigenvalue weighted by atomic mass is 9.97. The number of carbonyl (C=O) groups is 1. The highest BCUT2D eigenvalue weighted by Crippen LogP contribution is 2.26. The van der Waals surface area contributed by atoms with Crippen molar-refractivity contribution >= 4 is 5.97 Å². The van der Waals surface area contributed by atoms with Crippen molar-refractivity contribution in [3.63, 3.8) is 0 Å². The molecule has 0 spiro atoms. The molecule has 4 nitrogen and oxygen atoms in total. The molecule has 0 radical (unpaired) electrons. The Morgan fingerprint density at radius 2 is 2.18 bits per heavy atom. The lowest BCUT2D eigenvalue weighted by molar-refractivity contribution is -0.207. The van der Waals surface area contributed by atoms with Crippen LogP contribution in [0.1, 0.15) is 33.6 Å². The van der Waals surface area contributed by atoms with Gasteiger partial charge in [0, 0.05) is 20.3 Å². The Balaban J connectivity index is 2.62. The molecule has 0 amide bonds. The molecule has 0 saturated heterocycles. The van der Waals surface area contributed by atoms with Crippen molar-refractivity contribution in [2.45, 2.75) is 45.5 Å². The highest BCUT2D eigenvalue weighted by molar-refractivity contribution is 5.83. The second-order valence-electron chi connectivity index (χ2n) is 4.81. The summed E-state index contributed by atoms with van der Waals surface area (Å²) in [7, 11) is 0. The number of hydrogen-bond acceptors (Lipinski definition) is 4. The van der Waals surface area contributed by atoms with Crippen molar-refractivity contribution in [2.75, 3.05) is 0 Å². The smallest absolute Gasteiger partial charge is 0.337 e. The van der Waals surface area contributed by atoms with E-state index in [1.54, 1.807) is 19.9 Å². The predicted molar refractivity (Wildman–Crippen MR) is 63.9 cm³/mol. The van der Waals surface area contributed by atoms with Gasteiger partial charge in [-0.25, -0.2) is 4.79 Å².